The maximum atomic E-state index is 12.2. The molecule has 1 aromatic heterocycles. The SMILES string of the molecule is Cc1nn(CC(C)C)c(Cl)c1/C=C/C(=O)O[C@@H](C)C(=O)Nc1ccccc1C#N. The molecular weight excluding hydrogens is 392 g/mol. The first-order chi connectivity index (χ1) is 13.7. The van der Waals surface area contributed by atoms with Crippen LogP contribution in [0, 0.1) is 24.2 Å². The minimum Gasteiger partial charge on any atom is -0.449 e. The summed E-state index contributed by atoms with van der Waals surface area (Å²) < 4.78 is 6.83. The molecule has 0 bridgehead atoms. The number of hydrogen-bond acceptors (Lipinski definition) is 5. The zero-order chi connectivity index (χ0) is 21.6. The van der Waals surface area contributed by atoms with E-state index in [1.165, 1.54) is 19.1 Å². The van der Waals surface area contributed by atoms with Crippen LogP contribution in [0.3, 0.4) is 0 Å². The minimum atomic E-state index is -1.04. The van der Waals surface area contributed by atoms with Crippen LogP contribution < -0.4 is 5.32 Å². The van der Waals surface area contributed by atoms with Crippen LogP contribution in [0.2, 0.25) is 5.15 Å². The molecule has 1 atom stereocenters. The molecule has 29 heavy (non-hydrogen) atoms. The number of benzene rings is 1. The van der Waals surface area contributed by atoms with Crippen molar-refractivity contribution in [2.45, 2.75) is 40.3 Å². The summed E-state index contributed by atoms with van der Waals surface area (Å²) in [6, 6.07) is 8.56. The normalized spacial score (nSPS) is 12.0. The summed E-state index contributed by atoms with van der Waals surface area (Å²) in [5.41, 5.74) is 2.00. The van der Waals surface area contributed by atoms with E-state index in [4.69, 9.17) is 21.6 Å². The molecule has 0 radical (unpaired) electrons. The van der Waals surface area contributed by atoms with Crippen LogP contribution in [0.25, 0.3) is 6.08 Å². The van der Waals surface area contributed by atoms with Crippen LogP contribution >= 0.6 is 11.6 Å². The second-order valence-electron chi connectivity index (χ2n) is 6.92. The van der Waals surface area contributed by atoms with Crippen molar-refractivity contribution in [3.05, 3.63) is 52.3 Å². The van der Waals surface area contributed by atoms with Crippen LogP contribution in [0.4, 0.5) is 5.69 Å². The molecule has 0 unspecified atom stereocenters. The third-order valence-electron chi connectivity index (χ3n) is 4.00. The number of carbonyl (C=O) groups is 2. The molecule has 8 heteroatoms. The predicted molar refractivity (Wildman–Crippen MR) is 111 cm³/mol. The summed E-state index contributed by atoms with van der Waals surface area (Å²) in [6.07, 6.45) is 1.70. The summed E-state index contributed by atoms with van der Waals surface area (Å²) in [4.78, 5) is 24.4. The van der Waals surface area contributed by atoms with E-state index in [1.807, 2.05) is 6.07 Å². The van der Waals surface area contributed by atoms with Gasteiger partial charge >= 0.3 is 5.97 Å². The lowest BCUT2D eigenvalue weighted by molar-refractivity contribution is -0.148. The number of aryl methyl sites for hydroxylation is 1. The van der Waals surface area contributed by atoms with Crippen molar-refractivity contribution >= 4 is 35.2 Å². The van der Waals surface area contributed by atoms with Crippen molar-refractivity contribution in [3.8, 4) is 6.07 Å². The van der Waals surface area contributed by atoms with Crippen LogP contribution in [-0.2, 0) is 20.9 Å². The van der Waals surface area contributed by atoms with Crippen LogP contribution in [0.5, 0.6) is 0 Å². The summed E-state index contributed by atoms with van der Waals surface area (Å²) in [5.74, 6) is -0.846. The van der Waals surface area contributed by atoms with E-state index in [2.05, 4.69) is 24.3 Å². The topological polar surface area (TPSA) is 97.0 Å². The monoisotopic (exact) mass is 414 g/mol. The summed E-state index contributed by atoms with van der Waals surface area (Å²) in [5, 5.41) is 16.5. The lowest BCUT2D eigenvalue weighted by Gasteiger charge is -2.13. The Morgan fingerprint density at radius 3 is 2.69 bits per heavy atom. The van der Waals surface area contributed by atoms with Gasteiger partial charge in [-0.1, -0.05) is 37.6 Å². The lowest BCUT2D eigenvalue weighted by Crippen LogP contribution is -2.29. The van der Waals surface area contributed by atoms with E-state index in [-0.39, 0.29) is 0 Å². The quantitative estimate of drug-likeness (QED) is 0.546. The molecule has 0 saturated heterocycles. The number of anilines is 1. The number of hydrogen-bond donors (Lipinski definition) is 1. The number of carbonyl (C=O) groups excluding carboxylic acids is 2. The predicted octanol–water partition coefficient (Wildman–Crippen LogP) is 3.96. The van der Waals surface area contributed by atoms with Gasteiger partial charge in [-0.3, -0.25) is 9.48 Å². The maximum Gasteiger partial charge on any atom is 0.331 e. The highest BCUT2D eigenvalue weighted by molar-refractivity contribution is 6.31. The van der Waals surface area contributed by atoms with Crippen molar-refractivity contribution in [2.24, 2.45) is 5.92 Å². The molecule has 0 fully saturated rings. The fraction of sp³-hybridized carbons (Fsp3) is 0.333. The first-order valence-electron chi connectivity index (χ1n) is 9.14. The molecule has 0 aliphatic carbocycles. The van der Waals surface area contributed by atoms with E-state index < -0.39 is 18.0 Å². The first kappa shape index (κ1) is 22.2. The second kappa shape index (κ2) is 9.89. The van der Waals surface area contributed by atoms with Gasteiger partial charge in [-0.15, -0.1) is 0 Å². The van der Waals surface area contributed by atoms with Gasteiger partial charge in [0, 0.05) is 18.2 Å². The van der Waals surface area contributed by atoms with Crippen molar-refractivity contribution in [2.75, 3.05) is 5.32 Å². The number of aromatic nitrogens is 2. The number of nitrogens with zero attached hydrogens (tertiary/aromatic N) is 3. The molecule has 1 N–H and O–H groups in total. The zero-order valence-corrected chi connectivity index (χ0v) is 17.5. The first-order valence-corrected chi connectivity index (χ1v) is 9.52. The van der Waals surface area contributed by atoms with Crippen LogP contribution in [0.1, 0.15) is 37.6 Å². The molecule has 0 spiro atoms. The number of ether oxygens (including phenoxy) is 1. The summed E-state index contributed by atoms with van der Waals surface area (Å²) >= 11 is 6.34. The maximum absolute atomic E-state index is 12.2. The van der Waals surface area contributed by atoms with Crippen LogP contribution in [0.15, 0.2) is 30.3 Å². The molecule has 7 nitrogen and oxygen atoms in total. The van der Waals surface area contributed by atoms with Gasteiger partial charge in [-0.25, -0.2) is 4.79 Å². The van der Waals surface area contributed by atoms with E-state index in [9.17, 15) is 9.59 Å². The van der Waals surface area contributed by atoms with Crippen molar-refractivity contribution in [1.82, 2.24) is 9.78 Å². The van der Waals surface area contributed by atoms with Gasteiger partial charge in [0.05, 0.1) is 16.9 Å². The fourth-order valence-electron chi connectivity index (χ4n) is 2.57. The Hall–Kier alpha value is -3.11. The highest BCUT2D eigenvalue weighted by atomic mass is 35.5. The Labute approximate surface area is 174 Å². The third kappa shape index (κ3) is 5.93. The largest absolute Gasteiger partial charge is 0.449 e. The summed E-state index contributed by atoms with van der Waals surface area (Å²) in [7, 11) is 0. The van der Waals surface area contributed by atoms with Crippen molar-refractivity contribution < 1.29 is 14.3 Å². The van der Waals surface area contributed by atoms with E-state index in [0.29, 0.717) is 40.1 Å². The molecule has 2 rings (SSSR count). The average molecular weight is 415 g/mol. The lowest BCUT2D eigenvalue weighted by atomic mass is 10.2. The Kier molecular flexibility index (Phi) is 7.57. The Bertz CT molecular complexity index is 973. The molecule has 0 saturated carbocycles. The van der Waals surface area contributed by atoms with Gasteiger partial charge < -0.3 is 10.1 Å². The molecular formula is C21H23ClN4O3. The van der Waals surface area contributed by atoms with Gasteiger partial charge in [0.15, 0.2) is 6.10 Å². The Morgan fingerprint density at radius 2 is 2.03 bits per heavy atom. The number of nitrogens with one attached hydrogen (secondary N) is 1. The highest BCUT2D eigenvalue weighted by Gasteiger charge is 2.18. The standard InChI is InChI=1S/C21H23ClN4O3/c1-13(2)12-26-20(22)17(14(3)25-26)9-10-19(27)29-15(4)21(28)24-18-8-6-5-7-16(18)11-23/h5-10,13,15H,12H2,1-4H3,(H,24,28)/b10-9+/t15-/m0/s1. The Morgan fingerprint density at radius 1 is 1.34 bits per heavy atom. The minimum absolute atomic E-state index is 0.322. The average Bonchev–Trinajstić information content (AvgIpc) is 2.92. The van der Waals surface area contributed by atoms with Gasteiger partial charge in [0.1, 0.15) is 11.2 Å². The molecule has 0 aliphatic rings. The fourth-order valence-corrected chi connectivity index (χ4v) is 2.87. The van der Waals surface area contributed by atoms with Gasteiger partial charge in [0.25, 0.3) is 5.91 Å². The van der Waals surface area contributed by atoms with Gasteiger partial charge in [-0.05, 0) is 38.0 Å². The van der Waals surface area contributed by atoms with Crippen LogP contribution in [-0.4, -0.2) is 27.8 Å². The number of rotatable bonds is 7. The van der Waals surface area contributed by atoms with Crippen molar-refractivity contribution in [1.29, 1.82) is 5.26 Å². The van der Waals surface area contributed by atoms with E-state index in [1.54, 1.807) is 35.9 Å². The number of nitriles is 1. The molecule has 1 amide bonds. The number of halogens is 1. The highest BCUT2D eigenvalue weighted by Crippen LogP contribution is 2.22. The van der Waals surface area contributed by atoms with E-state index in [0.717, 1.165) is 0 Å². The van der Waals surface area contributed by atoms with Crippen molar-refractivity contribution in [3.63, 3.8) is 0 Å². The van der Waals surface area contributed by atoms with E-state index >= 15 is 0 Å². The number of amides is 1. The molecule has 0 aliphatic heterocycles. The zero-order valence-electron chi connectivity index (χ0n) is 16.8. The molecule has 1 aromatic carbocycles. The van der Waals surface area contributed by atoms with Gasteiger partial charge in [-0.2, -0.15) is 10.4 Å². The summed E-state index contributed by atoms with van der Waals surface area (Å²) in [6.45, 7) is 8.04. The molecule has 1 heterocycles. The Balaban J connectivity index is 2.01. The smallest absolute Gasteiger partial charge is 0.331 e. The van der Waals surface area contributed by atoms with Gasteiger partial charge in [0.2, 0.25) is 0 Å². The third-order valence-corrected chi connectivity index (χ3v) is 4.40. The molecule has 152 valence electrons. The number of esters is 1. The molecule has 2 aromatic rings. The second-order valence-corrected chi connectivity index (χ2v) is 7.28. The number of para-hydroxylation sites is 1.